The second-order valence-corrected chi connectivity index (χ2v) is 5.38. The number of benzene rings is 1. The third-order valence-electron chi connectivity index (χ3n) is 4.04. The number of aliphatic carboxylic acids is 1. The second-order valence-electron chi connectivity index (χ2n) is 5.38. The molecule has 0 spiro atoms. The van der Waals surface area contributed by atoms with Gasteiger partial charge in [0.15, 0.2) is 0 Å². The van der Waals surface area contributed by atoms with E-state index in [1.54, 1.807) is 0 Å². The molecule has 1 aromatic rings. The molecule has 0 saturated carbocycles. The van der Waals surface area contributed by atoms with Crippen molar-refractivity contribution in [1.29, 1.82) is 0 Å². The van der Waals surface area contributed by atoms with Crippen molar-refractivity contribution in [3.05, 3.63) is 29.8 Å². The molecule has 2 unspecified atom stereocenters. The molecule has 21 heavy (non-hydrogen) atoms. The van der Waals surface area contributed by atoms with Gasteiger partial charge in [-0.25, -0.2) is 0 Å². The molecule has 0 saturated heterocycles. The second kappa shape index (κ2) is 8.67. The Morgan fingerprint density at radius 3 is 2.19 bits per heavy atom. The van der Waals surface area contributed by atoms with Crippen molar-refractivity contribution in [2.75, 3.05) is 18.0 Å². The molecule has 4 nitrogen and oxygen atoms in total. The van der Waals surface area contributed by atoms with Crippen molar-refractivity contribution in [2.45, 2.75) is 52.0 Å². The summed E-state index contributed by atoms with van der Waals surface area (Å²) in [6, 6.07) is 7.34. The van der Waals surface area contributed by atoms with Crippen molar-refractivity contribution >= 4 is 11.7 Å². The predicted molar refractivity (Wildman–Crippen MR) is 87.9 cm³/mol. The molecule has 0 bridgehead atoms. The maximum atomic E-state index is 11.2. The standard InChI is InChI=1S/C17H28N2O2/c1-4-7-8-15(16(18)17(20)21)13-9-11-14(12-10-13)19(5-2)6-3/h9-12,15-16H,4-8,18H2,1-3H3,(H,20,21). The first-order valence-electron chi connectivity index (χ1n) is 7.88. The third-order valence-corrected chi connectivity index (χ3v) is 4.04. The highest BCUT2D eigenvalue weighted by molar-refractivity contribution is 5.74. The van der Waals surface area contributed by atoms with Crippen LogP contribution in [-0.2, 0) is 4.79 Å². The maximum absolute atomic E-state index is 11.2. The number of unbranched alkanes of at least 4 members (excludes halogenated alkanes) is 1. The smallest absolute Gasteiger partial charge is 0.321 e. The van der Waals surface area contributed by atoms with Crippen LogP contribution in [0, 0.1) is 0 Å². The average molecular weight is 292 g/mol. The normalized spacial score (nSPS) is 13.7. The van der Waals surface area contributed by atoms with Gasteiger partial charge in [0.05, 0.1) is 0 Å². The van der Waals surface area contributed by atoms with E-state index in [0.717, 1.165) is 37.9 Å². The first-order chi connectivity index (χ1) is 10.0. The number of anilines is 1. The molecule has 4 heteroatoms. The van der Waals surface area contributed by atoms with Crippen LogP contribution in [0.25, 0.3) is 0 Å². The summed E-state index contributed by atoms with van der Waals surface area (Å²) in [6.07, 6.45) is 2.85. The van der Waals surface area contributed by atoms with Gasteiger partial charge in [-0.05, 0) is 38.0 Å². The van der Waals surface area contributed by atoms with Gasteiger partial charge >= 0.3 is 5.97 Å². The van der Waals surface area contributed by atoms with E-state index >= 15 is 0 Å². The number of rotatable bonds is 9. The van der Waals surface area contributed by atoms with E-state index in [2.05, 4.69) is 37.8 Å². The van der Waals surface area contributed by atoms with Crippen LogP contribution in [0.5, 0.6) is 0 Å². The van der Waals surface area contributed by atoms with Gasteiger partial charge in [-0.3, -0.25) is 4.79 Å². The third kappa shape index (κ3) is 4.74. The maximum Gasteiger partial charge on any atom is 0.321 e. The lowest BCUT2D eigenvalue weighted by Gasteiger charge is -2.24. The van der Waals surface area contributed by atoms with E-state index in [1.807, 2.05) is 12.1 Å². The van der Waals surface area contributed by atoms with Gasteiger partial charge in [0.25, 0.3) is 0 Å². The largest absolute Gasteiger partial charge is 0.480 e. The highest BCUT2D eigenvalue weighted by Gasteiger charge is 2.25. The summed E-state index contributed by atoms with van der Waals surface area (Å²) in [4.78, 5) is 13.5. The Hall–Kier alpha value is -1.55. The lowest BCUT2D eigenvalue weighted by Crippen LogP contribution is -2.36. The molecular weight excluding hydrogens is 264 g/mol. The van der Waals surface area contributed by atoms with E-state index in [4.69, 9.17) is 5.73 Å². The minimum absolute atomic E-state index is 0.117. The Morgan fingerprint density at radius 1 is 1.19 bits per heavy atom. The number of nitrogens with two attached hydrogens (primary N) is 1. The van der Waals surface area contributed by atoms with Gasteiger partial charge in [0.2, 0.25) is 0 Å². The highest BCUT2D eigenvalue weighted by atomic mass is 16.4. The molecule has 0 fully saturated rings. The molecule has 1 rings (SSSR count). The van der Waals surface area contributed by atoms with Crippen LogP contribution in [-0.4, -0.2) is 30.2 Å². The molecule has 0 aliphatic rings. The number of hydrogen-bond donors (Lipinski definition) is 2. The Balaban J connectivity index is 2.94. The van der Waals surface area contributed by atoms with Gasteiger partial charge in [-0.15, -0.1) is 0 Å². The summed E-state index contributed by atoms with van der Waals surface area (Å²) >= 11 is 0. The van der Waals surface area contributed by atoms with Crippen molar-refractivity contribution in [1.82, 2.24) is 0 Å². The average Bonchev–Trinajstić information content (AvgIpc) is 2.50. The van der Waals surface area contributed by atoms with E-state index in [9.17, 15) is 9.90 Å². The Kier molecular flexibility index (Phi) is 7.23. The summed E-state index contributed by atoms with van der Waals surface area (Å²) in [6.45, 7) is 8.28. The van der Waals surface area contributed by atoms with Crippen LogP contribution < -0.4 is 10.6 Å². The first kappa shape index (κ1) is 17.5. The van der Waals surface area contributed by atoms with E-state index in [-0.39, 0.29) is 5.92 Å². The topological polar surface area (TPSA) is 66.6 Å². The molecule has 118 valence electrons. The van der Waals surface area contributed by atoms with Crippen LogP contribution in [0.1, 0.15) is 51.5 Å². The highest BCUT2D eigenvalue weighted by Crippen LogP contribution is 2.27. The lowest BCUT2D eigenvalue weighted by atomic mass is 9.87. The molecular formula is C17H28N2O2. The summed E-state index contributed by atoms with van der Waals surface area (Å²) < 4.78 is 0. The molecule has 0 heterocycles. The van der Waals surface area contributed by atoms with Crippen molar-refractivity contribution in [3.63, 3.8) is 0 Å². The van der Waals surface area contributed by atoms with E-state index < -0.39 is 12.0 Å². The molecule has 1 aromatic carbocycles. The fourth-order valence-electron chi connectivity index (χ4n) is 2.67. The van der Waals surface area contributed by atoms with Crippen molar-refractivity contribution in [2.24, 2.45) is 5.73 Å². The molecule has 0 radical (unpaired) electrons. The van der Waals surface area contributed by atoms with Gasteiger partial charge in [-0.2, -0.15) is 0 Å². The molecule has 0 aliphatic carbocycles. The van der Waals surface area contributed by atoms with Gasteiger partial charge in [0.1, 0.15) is 6.04 Å². The van der Waals surface area contributed by atoms with Crippen LogP contribution in [0.2, 0.25) is 0 Å². The quantitative estimate of drug-likeness (QED) is 0.733. The number of carboxylic acids is 1. The molecule has 2 atom stereocenters. The fraction of sp³-hybridized carbons (Fsp3) is 0.588. The lowest BCUT2D eigenvalue weighted by molar-refractivity contribution is -0.139. The number of nitrogens with zero attached hydrogens (tertiary/aromatic N) is 1. The minimum Gasteiger partial charge on any atom is -0.480 e. The van der Waals surface area contributed by atoms with E-state index in [0.29, 0.717) is 0 Å². The SMILES string of the molecule is CCCCC(c1ccc(N(CC)CC)cc1)C(N)C(=O)O. The van der Waals surface area contributed by atoms with Gasteiger partial charge in [0, 0.05) is 24.7 Å². The summed E-state index contributed by atoms with van der Waals surface area (Å²) in [5.74, 6) is -1.04. The van der Waals surface area contributed by atoms with E-state index in [1.165, 1.54) is 5.69 Å². The van der Waals surface area contributed by atoms with Crippen LogP contribution in [0.15, 0.2) is 24.3 Å². The number of carbonyl (C=O) groups is 1. The van der Waals surface area contributed by atoms with Crippen LogP contribution in [0.3, 0.4) is 0 Å². The first-order valence-corrected chi connectivity index (χ1v) is 7.88. The Bertz CT molecular complexity index is 427. The number of carboxylic acid groups (broad SMARTS) is 1. The zero-order valence-electron chi connectivity index (χ0n) is 13.4. The summed E-state index contributed by atoms with van der Waals surface area (Å²) in [5, 5.41) is 9.20. The predicted octanol–water partition coefficient (Wildman–Crippen LogP) is 3.22. The molecule has 0 aromatic heterocycles. The van der Waals surface area contributed by atoms with Crippen LogP contribution in [0.4, 0.5) is 5.69 Å². The summed E-state index contributed by atoms with van der Waals surface area (Å²) in [5.41, 5.74) is 8.06. The van der Waals surface area contributed by atoms with Gasteiger partial charge in [-0.1, -0.05) is 31.9 Å². The Morgan fingerprint density at radius 2 is 1.76 bits per heavy atom. The molecule has 0 amide bonds. The molecule has 3 N–H and O–H groups in total. The van der Waals surface area contributed by atoms with Crippen molar-refractivity contribution < 1.29 is 9.90 Å². The minimum atomic E-state index is -0.927. The fourth-order valence-corrected chi connectivity index (χ4v) is 2.67. The van der Waals surface area contributed by atoms with Crippen LogP contribution >= 0.6 is 0 Å². The summed E-state index contributed by atoms with van der Waals surface area (Å²) in [7, 11) is 0. The Labute approximate surface area is 128 Å². The zero-order valence-corrected chi connectivity index (χ0v) is 13.4. The molecule has 0 aliphatic heterocycles. The van der Waals surface area contributed by atoms with Gasteiger partial charge < -0.3 is 15.7 Å². The van der Waals surface area contributed by atoms with Crippen molar-refractivity contribution in [3.8, 4) is 0 Å². The zero-order chi connectivity index (χ0) is 15.8. The monoisotopic (exact) mass is 292 g/mol. The number of hydrogen-bond acceptors (Lipinski definition) is 3.